The van der Waals surface area contributed by atoms with E-state index in [1.807, 2.05) is 0 Å². The van der Waals surface area contributed by atoms with Gasteiger partial charge in [-0.3, -0.25) is 4.79 Å². The number of hydrogen-bond donors (Lipinski definition) is 1. The molecule has 10 nitrogen and oxygen atoms in total. The van der Waals surface area contributed by atoms with Gasteiger partial charge < -0.3 is 9.87 Å². The van der Waals surface area contributed by atoms with E-state index in [9.17, 15) is 31.3 Å². The van der Waals surface area contributed by atoms with Gasteiger partial charge in [-0.2, -0.15) is 28.2 Å². The van der Waals surface area contributed by atoms with Gasteiger partial charge in [-0.05, 0) is 45.6 Å². The van der Waals surface area contributed by atoms with Gasteiger partial charge in [0, 0.05) is 18.4 Å². The zero-order chi connectivity index (χ0) is 29.3. The lowest BCUT2D eigenvalue weighted by Gasteiger charge is -2.33. The number of halogens is 5. The number of fused-ring (bicyclic) bond motifs is 1. The molecule has 1 aliphatic rings. The number of carbonyl (C=O) groups is 1. The Hall–Kier alpha value is -3.14. The number of alkyl halides is 5. The summed E-state index contributed by atoms with van der Waals surface area (Å²) in [6.07, 6.45) is -0.488. The van der Waals surface area contributed by atoms with E-state index < -0.39 is 53.1 Å². The van der Waals surface area contributed by atoms with E-state index in [1.54, 1.807) is 33.0 Å². The van der Waals surface area contributed by atoms with Gasteiger partial charge in [0.1, 0.15) is 16.1 Å². The molecule has 0 radical (unpaired) electrons. The first-order chi connectivity index (χ1) is 18.6. The number of aromatic nitrogens is 6. The molecular weight excluding hydrogens is 559 g/mol. The lowest BCUT2D eigenvalue weighted by molar-refractivity contribution is -0.137. The third kappa shape index (κ3) is 7.74. The minimum atomic E-state index is -4.41. The Morgan fingerprint density at radius 2 is 1.95 bits per heavy atom. The highest BCUT2D eigenvalue weighted by Gasteiger charge is 2.39. The Morgan fingerprint density at radius 1 is 1.25 bits per heavy atom. The standard InChI is InChI=1S/C24H29F5N8O2S/c1-22(2,3)40(39)32-12-15-10-19-33-18(14-36(19)30-11-15)20(16-4-6-23(25,26)7-5-16)34-21(38)17-13-31-37(35-17)9-8-24(27,28)29/h10-14,16,20H,4-9H2,1-3H3,(H,34,38)/t20-,40?/m0/s1. The van der Waals surface area contributed by atoms with Crippen LogP contribution in [0.1, 0.15) is 80.7 Å². The lowest BCUT2D eigenvalue weighted by atomic mass is 9.81. The average Bonchev–Trinajstić information content (AvgIpc) is 3.50. The fourth-order valence-electron chi connectivity index (χ4n) is 4.18. The summed E-state index contributed by atoms with van der Waals surface area (Å²) in [5.74, 6) is -3.90. The van der Waals surface area contributed by atoms with Crippen LogP contribution in [0, 0.1) is 5.92 Å². The predicted octanol–water partition coefficient (Wildman–Crippen LogP) is 4.45. The van der Waals surface area contributed by atoms with Gasteiger partial charge in [-0.15, -0.1) is 5.10 Å². The molecule has 1 saturated carbocycles. The van der Waals surface area contributed by atoms with Crippen LogP contribution in [0.5, 0.6) is 0 Å². The molecule has 0 aliphatic heterocycles. The second kappa shape index (κ2) is 11.4. The first kappa shape index (κ1) is 29.8. The highest BCUT2D eigenvalue weighted by atomic mass is 32.2. The Morgan fingerprint density at radius 3 is 2.60 bits per heavy atom. The average molecular weight is 589 g/mol. The Labute approximate surface area is 229 Å². The summed E-state index contributed by atoms with van der Waals surface area (Å²) in [7, 11) is 0. The van der Waals surface area contributed by atoms with Gasteiger partial charge in [0.05, 0.1) is 49.5 Å². The van der Waals surface area contributed by atoms with Gasteiger partial charge in [-0.1, -0.05) is 4.40 Å². The lowest BCUT2D eigenvalue weighted by Crippen LogP contribution is -2.37. The van der Waals surface area contributed by atoms with Crippen molar-refractivity contribution in [3.8, 4) is 0 Å². The molecule has 4 rings (SSSR count). The molecular formula is C24H29F5N8O2S. The van der Waals surface area contributed by atoms with E-state index in [0.29, 0.717) is 16.9 Å². The summed E-state index contributed by atoms with van der Waals surface area (Å²) >= 11 is -1.48. The summed E-state index contributed by atoms with van der Waals surface area (Å²) in [6.45, 7) is 4.83. The first-order valence-electron chi connectivity index (χ1n) is 12.6. The van der Waals surface area contributed by atoms with Crippen molar-refractivity contribution < 1.29 is 31.3 Å². The van der Waals surface area contributed by atoms with Gasteiger partial charge in [0.25, 0.3) is 5.91 Å². The highest BCUT2D eigenvalue weighted by Crippen LogP contribution is 2.41. The minimum absolute atomic E-state index is 0.119. The quantitative estimate of drug-likeness (QED) is 0.236. The number of rotatable bonds is 8. The zero-order valence-corrected chi connectivity index (χ0v) is 22.8. The molecule has 16 heteroatoms. The number of amides is 1. The molecule has 3 aromatic rings. The topological polar surface area (TPSA) is 125 Å². The van der Waals surface area contributed by atoms with Crippen LogP contribution in [-0.4, -0.2) is 63.1 Å². The second-order valence-electron chi connectivity index (χ2n) is 10.7. The first-order valence-corrected chi connectivity index (χ1v) is 13.7. The Bertz CT molecular complexity index is 1360. The number of aryl methyl sites for hydroxylation is 1. The number of nitrogens with zero attached hydrogens (tertiary/aromatic N) is 7. The van der Waals surface area contributed by atoms with Crippen molar-refractivity contribution in [1.82, 2.24) is 34.9 Å². The summed E-state index contributed by atoms with van der Waals surface area (Å²) in [5, 5.41) is 14.6. The third-order valence-electron chi connectivity index (χ3n) is 6.38. The van der Waals surface area contributed by atoms with Crippen molar-refractivity contribution in [3.05, 3.63) is 41.6 Å². The molecule has 0 aromatic carbocycles. The normalized spacial score (nSPS) is 18.3. The van der Waals surface area contributed by atoms with E-state index >= 15 is 0 Å². The van der Waals surface area contributed by atoms with Gasteiger partial charge in [-0.25, -0.2) is 18.3 Å². The Balaban J connectivity index is 1.57. The molecule has 0 spiro atoms. The van der Waals surface area contributed by atoms with Gasteiger partial charge >= 0.3 is 6.18 Å². The maximum Gasteiger partial charge on any atom is 0.390 e. The molecule has 1 amide bonds. The van der Waals surface area contributed by atoms with Crippen LogP contribution in [0.15, 0.2) is 29.1 Å². The third-order valence-corrected chi connectivity index (χ3v) is 7.73. The van der Waals surface area contributed by atoms with Crippen molar-refractivity contribution in [2.24, 2.45) is 10.3 Å². The maximum atomic E-state index is 13.9. The van der Waals surface area contributed by atoms with Crippen LogP contribution < -0.4 is 5.32 Å². The molecule has 1 N–H and O–H groups in total. The molecule has 0 bridgehead atoms. The van der Waals surface area contributed by atoms with Crippen molar-refractivity contribution >= 4 is 29.1 Å². The monoisotopic (exact) mass is 588 g/mol. The number of nitrogens with one attached hydrogen (secondary N) is 1. The van der Waals surface area contributed by atoms with Gasteiger partial charge in [0.15, 0.2) is 11.3 Å². The molecule has 1 fully saturated rings. The number of imidazole rings is 1. The van der Waals surface area contributed by atoms with E-state index in [0.717, 1.165) is 11.0 Å². The van der Waals surface area contributed by atoms with E-state index in [4.69, 9.17) is 0 Å². The van der Waals surface area contributed by atoms with Crippen LogP contribution in [0.3, 0.4) is 0 Å². The van der Waals surface area contributed by atoms with Gasteiger partial charge in [0.2, 0.25) is 5.92 Å². The van der Waals surface area contributed by atoms with Crippen LogP contribution >= 0.6 is 0 Å². The Kier molecular flexibility index (Phi) is 8.49. The predicted molar refractivity (Wildman–Crippen MR) is 136 cm³/mol. The van der Waals surface area contributed by atoms with Crippen molar-refractivity contribution in [2.45, 2.75) is 82.3 Å². The molecule has 1 unspecified atom stereocenters. The van der Waals surface area contributed by atoms with Crippen molar-refractivity contribution in [3.63, 3.8) is 0 Å². The highest BCUT2D eigenvalue weighted by molar-refractivity contribution is 7.91. The van der Waals surface area contributed by atoms with Crippen LogP contribution in [0.25, 0.3) is 5.65 Å². The van der Waals surface area contributed by atoms with Crippen LogP contribution in [-0.2, 0) is 17.9 Å². The molecule has 218 valence electrons. The molecule has 40 heavy (non-hydrogen) atoms. The van der Waals surface area contributed by atoms with Crippen molar-refractivity contribution in [2.75, 3.05) is 0 Å². The molecule has 3 aromatic heterocycles. The minimum Gasteiger partial charge on any atom is -0.591 e. The second-order valence-corrected chi connectivity index (χ2v) is 12.6. The maximum absolute atomic E-state index is 13.9. The van der Waals surface area contributed by atoms with E-state index in [1.165, 1.54) is 16.9 Å². The van der Waals surface area contributed by atoms with Crippen LogP contribution in [0.4, 0.5) is 22.0 Å². The van der Waals surface area contributed by atoms with Crippen molar-refractivity contribution in [1.29, 1.82) is 0 Å². The summed E-state index contributed by atoms with van der Waals surface area (Å²) in [6, 6.07) is 0.858. The molecule has 0 saturated heterocycles. The number of carbonyl (C=O) groups excluding carboxylic acids is 1. The molecule has 2 atom stereocenters. The molecule has 3 heterocycles. The fraction of sp³-hybridized carbons (Fsp3) is 0.583. The van der Waals surface area contributed by atoms with Crippen LogP contribution in [0.2, 0.25) is 0 Å². The smallest absolute Gasteiger partial charge is 0.390 e. The molecule has 1 aliphatic carbocycles. The fourth-order valence-corrected chi connectivity index (χ4v) is 4.71. The van der Waals surface area contributed by atoms with E-state index in [2.05, 4.69) is 30.0 Å². The summed E-state index contributed by atoms with van der Waals surface area (Å²) in [5.41, 5.74) is 1.09. The van der Waals surface area contributed by atoms with E-state index in [-0.39, 0.29) is 37.3 Å². The SMILES string of the molecule is CC(C)(C)[S+]([O-])N=Cc1cnn2cc([C@@H](NC(=O)c3cnn(CCC(F)(F)F)n3)C3CCC(F)(F)CC3)nc2c1. The summed E-state index contributed by atoms with van der Waals surface area (Å²) in [4.78, 5) is 18.4. The summed E-state index contributed by atoms with van der Waals surface area (Å²) < 4.78 is 82.6. The zero-order valence-electron chi connectivity index (χ0n) is 22.0. The largest absolute Gasteiger partial charge is 0.591 e. The number of hydrogen-bond acceptors (Lipinski definition) is 7.